The lowest BCUT2D eigenvalue weighted by atomic mass is 10.1. The molecular weight excluding hydrogens is 386 g/mol. The number of hydrogen-bond donors (Lipinski definition) is 0. The molecule has 0 fully saturated rings. The summed E-state index contributed by atoms with van der Waals surface area (Å²) < 4.78 is 21.2. The van der Waals surface area contributed by atoms with Crippen LogP contribution in [0.4, 0.5) is 0 Å². The summed E-state index contributed by atoms with van der Waals surface area (Å²) in [7, 11) is 3.25. The van der Waals surface area contributed by atoms with Gasteiger partial charge in [0.2, 0.25) is 0 Å². The first-order valence-electron chi connectivity index (χ1n) is 9.65. The second-order valence-electron chi connectivity index (χ2n) is 6.79. The van der Waals surface area contributed by atoms with Gasteiger partial charge in [-0.1, -0.05) is 12.1 Å². The topological polar surface area (TPSA) is 78.2 Å². The first kappa shape index (κ1) is 21.2. The van der Waals surface area contributed by atoms with Crippen molar-refractivity contribution in [3.8, 4) is 11.5 Å². The SMILES string of the molecule is CCOc1ccc(CN(C)C(=O)COC(=O)Cc2coc3cc(OC)ccc23)cc1. The van der Waals surface area contributed by atoms with E-state index in [0.29, 0.717) is 30.0 Å². The Morgan fingerprint density at radius 2 is 1.80 bits per heavy atom. The van der Waals surface area contributed by atoms with Crippen molar-refractivity contribution in [2.45, 2.75) is 19.9 Å². The van der Waals surface area contributed by atoms with Crippen LogP contribution < -0.4 is 9.47 Å². The summed E-state index contributed by atoms with van der Waals surface area (Å²) in [6.45, 7) is 2.63. The van der Waals surface area contributed by atoms with Gasteiger partial charge in [0.05, 0.1) is 26.4 Å². The number of rotatable bonds is 9. The lowest BCUT2D eigenvalue weighted by Gasteiger charge is -2.17. The molecule has 0 spiro atoms. The zero-order chi connectivity index (χ0) is 21.5. The lowest BCUT2D eigenvalue weighted by Crippen LogP contribution is -2.31. The molecule has 2 aromatic carbocycles. The van der Waals surface area contributed by atoms with Crippen molar-refractivity contribution < 1.29 is 28.2 Å². The van der Waals surface area contributed by atoms with Crippen LogP contribution in [0.15, 0.2) is 53.1 Å². The number of methoxy groups -OCH3 is 1. The molecule has 0 aliphatic rings. The van der Waals surface area contributed by atoms with E-state index in [2.05, 4.69) is 0 Å². The summed E-state index contributed by atoms with van der Waals surface area (Å²) in [5, 5.41) is 0.812. The molecule has 3 rings (SSSR count). The van der Waals surface area contributed by atoms with Gasteiger partial charge in [-0.05, 0) is 36.8 Å². The predicted octanol–water partition coefficient (Wildman–Crippen LogP) is 3.58. The van der Waals surface area contributed by atoms with Crippen LogP contribution in [0, 0.1) is 0 Å². The average molecular weight is 411 g/mol. The van der Waals surface area contributed by atoms with E-state index >= 15 is 0 Å². The van der Waals surface area contributed by atoms with Crippen LogP contribution in [0.3, 0.4) is 0 Å². The van der Waals surface area contributed by atoms with Crippen LogP contribution in [0.25, 0.3) is 11.0 Å². The number of carbonyl (C=O) groups is 2. The third-order valence-electron chi connectivity index (χ3n) is 4.63. The van der Waals surface area contributed by atoms with Gasteiger partial charge < -0.3 is 23.5 Å². The van der Waals surface area contributed by atoms with Gasteiger partial charge in [-0.25, -0.2) is 0 Å². The molecule has 0 unspecified atom stereocenters. The van der Waals surface area contributed by atoms with Gasteiger partial charge in [-0.3, -0.25) is 9.59 Å². The summed E-state index contributed by atoms with van der Waals surface area (Å²) in [6, 6.07) is 12.9. The molecule has 1 aromatic heterocycles. The van der Waals surface area contributed by atoms with Crippen LogP contribution in [0.5, 0.6) is 11.5 Å². The first-order valence-corrected chi connectivity index (χ1v) is 9.65. The van der Waals surface area contributed by atoms with Gasteiger partial charge in [-0.15, -0.1) is 0 Å². The van der Waals surface area contributed by atoms with E-state index in [1.54, 1.807) is 26.3 Å². The van der Waals surface area contributed by atoms with Crippen molar-refractivity contribution in [3.05, 3.63) is 59.9 Å². The Bertz CT molecular complexity index is 1010. The zero-order valence-corrected chi connectivity index (χ0v) is 17.3. The molecule has 7 heteroatoms. The van der Waals surface area contributed by atoms with Gasteiger partial charge in [0.15, 0.2) is 6.61 Å². The summed E-state index contributed by atoms with van der Waals surface area (Å²) in [5.41, 5.74) is 2.29. The standard InChI is InChI=1S/C23H25NO6/c1-4-28-18-7-5-16(6-8-18)13-24(2)22(25)15-30-23(26)11-17-14-29-21-12-19(27-3)9-10-20(17)21/h5-10,12,14H,4,11,13,15H2,1-3H3. The molecule has 7 nitrogen and oxygen atoms in total. The summed E-state index contributed by atoms with van der Waals surface area (Å²) in [5.74, 6) is 0.692. The fourth-order valence-corrected chi connectivity index (χ4v) is 3.01. The van der Waals surface area contributed by atoms with Crippen LogP contribution >= 0.6 is 0 Å². The predicted molar refractivity (Wildman–Crippen MR) is 112 cm³/mol. The minimum atomic E-state index is -0.490. The monoisotopic (exact) mass is 411 g/mol. The molecule has 1 heterocycles. The highest BCUT2D eigenvalue weighted by molar-refractivity contribution is 5.87. The molecule has 0 aliphatic carbocycles. The minimum Gasteiger partial charge on any atom is -0.497 e. The molecule has 3 aromatic rings. The van der Waals surface area contributed by atoms with Crippen LogP contribution in [-0.4, -0.2) is 44.1 Å². The van der Waals surface area contributed by atoms with Crippen molar-refractivity contribution in [3.63, 3.8) is 0 Å². The molecule has 0 saturated carbocycles. The number of ether oxygens (including phenoxy) is 3. The summed E-state index contributed by atoms with van der Waals surface area (Å²) in [6.07, 6.45) is 1.54. The van der Waals surface area contributed by atoms with E-state index in [1.165, 1.54) is 11.2 Å². The van der Waals surface area contributed by atoms with E-state index in [1.807, 2.05) is 37.3 Å². The second-order valence-corrected chi connectivity index (χ2v) is 6.79. The maximum absolute atomic E-state index is 12.3. The fourth-order valence-electron chi connectivity index (χ4n) is 3.01. The summed E-state index contributed by atoms with van der Waals surface area (Å²) >= 11 is 0. The maximum atomic E-state index is 12.3. The van der Waals surface area contributed by atoms with E-state index in [-0.39, 0.29) is 18.9 Å². The Balaban J connectivity index is 1.49. The van der Waals surface area contributed by atoms with Crippen molar-refractivity contribution in [2.75, 3.05) is 27.4 Å². The molecule has 0 atom stereocenters. The average Bonchev–Trinajstić information content (AvgIpc) is 3.15. The Labute approximate surface area is 175 Å². The van der Waals surface area contributed by atoms with Crippen LogP contribution in [0.1, 0.15) is 18.1 Å². The number of likely N-dealkylation sites (N-methyl/N-ethyl adjacent to an activating group) is 1. The first-order chi connectivity index (χ1) is 14.5. The van der Waals surface area contributed by atoms with Gasteiger partial charge >= 0.3 is 5.97 Å². The third kappa shape index (κ3) is 5.31. The number of nitrogens with zero attached hydrogens (tertiary/aromatic N) is 1. The maximum Gasteiger partial charge on any atom is 0.310 e. The van der Waals surface area contributed by atoms with Crippen molar-refractivity contribution in [2.24, 2.45) is 0 Å². The normalized spacial score (nSPS) is 10.6. The van der Waals surface area contributed by atoms with E-state index in [0.717, 1.165) is 16.7 Å². The molecule has 0 bridgehead atoms. The fraction of sp³-hybridized carbons (Fsp3) is 0.304. The number of amides is 1. The van der Waals surface area contributed by atoms with Crippen molar-refractivity contribution in [1.29, 1.82) is 0 Å². The molecule has 0 radical (unpaired) electrons. The number of carbonyl (C=O) groups excluding carboxylic acids is 2. The van der Waals surface area contributed by atoms with Crippen molar-refractivity contribution in [1.82, 2.24) is 4.90 Å². The third-order valence-corrected chi connectivity index (χ3v) is 4.63. The number of hydrogen-bond acceptors (Lipinski definition) is 6. The van der Waals surface area contributed by atoms with Crippen LogP contribution in [-0.2, 0) is 27.3 Å². The Hall–Kier alpha value is -3.48. The summed E-state index contributed by atoms with van der Waals surface area (Å²) in [4.78, 5) is 26.0. The largest absolute Gasteiger partial charge is 0.497 e. The zero-order valence-electron chi connectivity index (χ0n) is 17.3. The van der Waals surface area contributed by atoms with Gasteiger partial charge in [0.1, 0.15) is 17.1 Å². The highest BCUT2D eigenvalue weighted by Gasteiger charge is 2.15. The molecule has 0 saturated heterocycles. The number of fused-ring (bicyclic) bond motifs is 1. The molecular formula is C23H25NO6. The Morgan fingerprint density at radius 1 is 1.07 bits per heavy atom. The van der Waals surface area contributed by atoms with Gasteiger partial charge in [-0.2, -0.15) is 0 Å². The smallest absolute Gasteiger partial charge is 0.310 e. The number of benzene rings is 2. The number of furan rings is 1. The Morgan fingerprint density at radius 3 is 2.50 bits per heavy atom. The minimum absolute atomic E-state index is 0.0230. The van der Waals surface area contributed by atoms with Crippen molar-refractivity contribution >= 4 is 22.8 Å². The Kier molecular flexibility index (Phi) is 6.95. The molecule has 1 amide bonds. The van der Waals surface area contributed by atoms with Gasteiger partial charge in [0, 0.05) is 30.6 Å². The molecule has 30 heavy (non-hydrogen) atoms. The highest BCUT2D eigenvalue weighted by atomic mass is 16.5. The highest BCUT2D eigenvalue weighted by Crippen LogP contribution is 2.26. The lowest BCUT2D eigenvalue weighted by molar-refractivity contribution is -0.151. The van der Waals surface area contributed by atoms with E-state index in [4.69, 9.17) is 18.6 Å². The van der Waals surface area contributed by atoms with E-state index < -0.39 is 5.97 Å². The molecule has 0 aliphatic heterocycles. The number of esters is 1. The molecule has 158 valence electrons. The van der Waals surface area contributed by atoms with E-state index in [9.17, 15) is 9.59 Å². The second kappa shape index (κ2) is 9.82. The van der Waals surface area contributed by atoms with Gasteiger partial charge in [0.25, 0.3) is 5.91 Å². The molecule has 0 N–H and O–H groups in total. The van der Waals surface area contributed by atoms with Crippen LogP contribution in [0.2, 0.25) is 0 Å². The quantitative estimate of drug-likeness (QED) is 0.501.